The summed E-state index contributed by atoms with van der Waals surface area (Å²) in [7, 11) is 0. The van der Waals surface area contributed by atoms with Crippen LogP contribution in [0.25, 0.3) is 10.9 Å². The van der Waals surface area contributed by atoms with Crippen LogP contribution < -0.4 is 10.9 Å². The van der Waals surface area contributed by atoms with E-state index in [-0.39, 0.29) is 5.56 Å². The first-order valence-electron chi connectivity index (χ1n) is 9.04. The Balaban J connectivity index is 1.69. The number of aromatic amines is 1. The van der Waals surface area contributed by atoms with Crippen molar-refractivity contribution in [3.05, 3.63) is 58.1 Å². The summed E-state index contributed by atoms with van der Waals surface area (Å²) >= 11 is 0. The third kappa shape index (κ3) is 2.69. The van der Waals surface area contributed by atoms with Gasteiger partial charge in [-0.25, -0.2) is 9.98 Å². The van der Waals surface area contributed by atoms with Gasteiger partial charge in [0.05, 0.1) is 13.2 Å². The van der Waals surface area contributed by atoms with Crippen molar-refractivity contribution in [2.24, 2.45) is 4.99 Å². The first-order chi connectivity index (χ1) is 13.2. The van der Waals surface area contributed by atoms with Crippen molar-refractivity contribution >= 4 is 22.8 Å². The summed E-state index contributed by atoms with van der Waals surface area (Å²) in [5.41, 5.74) is 2.53. The minimum atomic E-state index is -0.476. The maximum absolute atomic E-state index is 12.8. The van der Waals surface area contributed by atoms with Crippen LogP contribution in [-0.4, -0.2) is 51.7 Å². The van der Waals surface area contributed by atoms with Crippen LogP contribution in [0.2, 0.25) is 0 Å². The number of guanidine groups is 1. The molecule has 3 aromatic rings. The van der Waals surface area contributed by atoms with Gasteiger partial charge in [-0.05, 0) is 13.0 Å². The maximum Gasteiger partial charge on any atom is 0.257 e. The van der Waals surface area contributed by atoms with E-state index < -0.39 is 6.17 Å². The molecule has 1 aromatic carbocycles. The Morgan fingerprint density at radius 2 is 2.04 bits per heavy atom. The van der Waals surface area contributed by atoms with Crippen molar-refractivity contribution in [2.45, 2.75) is 13.1 Å². The lowest BCUT2D eigenvalue weighted by Gasteiger charge is -2.34. The van der Waals surface area contributed by atoms with Crippen LogP contribution in [0.3, 0.4) is 0 Å². The van der Waals surface area contributed by atoms with E-state index in [9.17, 15) is 4.79 Å². The molecule has 0 amide bonds. The third-order valence-corrected chi connectivity index (χ3v) is 5.00. The SMILES string of the molecule is Cc1cc(=O)n2c(n1)NC(N1CCOCC1)=N[C@H]2c1c[nH]c2ccccc12. The quantitative estimate of drug-likeness (QED) is 0.686. The Hall–Kier alpha value is -3.13. The van der Waals surface area contributed by atoms with Gasteiger partial charge < -0.3 is 14.6 Å². The number of morpholine rings is 1. The topological polar surface area (TPSA) is 87.5 Å². The molecule has 0 unspecified atom stereocenters. The van der Waals surface area contributed by atoms with Crippen molar-refractivity contribution in [2.75, 3.05) is 31.6 Å². The van der Waals surface area contributed by atoms with Crippen LogP contribution in [0.5, 0.6) is 0 Å². The van der Waals surface area contributed by atoms with Gasteiger partial charge in [0.25, 0.3) is 5.56 Å². The number of hydrogen-bond acceptors (Lipinski definition) is 6. The molecule has 2 aliphatic heterocycles. The molecule has 4 heterocycles. The molecule has 2 aromatic heterocycles. The van der Waals surface area contributed by atoms with Crippen LogP contribution >= 0.6 is 0 Å². The molecule has 27 heavy (non-hydrogen) atoms. The van der Waals surface area contributed by atoms with E-state index >= 15 is 0 Å². The van der Waals surface area contributed by atoms with Gasteiger partial charge in [0.1, 0.15) is 0 Å². The van der Waals surface area contributed by atoms with Crippen LogP contribution in [0, 0.1) is 6.92 Å². The lowest BCUT2D eigenvalue weighted by Crippen LogP contribution is -2.47. The number of hydrogen-bond donors (Lipinski definition) is 2. The molecule has 0 radical (unpaired) electrons. The number of nitrogens with zero attached hydrogens (tertiary/aromatic N) is 4. The van der Waals surface area contributed by atoms with Crippen molar-refractivity contribution in [3.8, 4) is 0 Å². The van der Waals surface area contributed by atoms with Gasteiger partial charge in [0.15, 0.2) is 6.17 Å². The first kappa shape index (κ1) is 16.1. The zero-order chi connectivity index (χ0) is 18.4. The number of aryl methyl sites for hydroxylation is 1. The number of para-hydroxylation sites is 1. The molecule has 8 heteroatoms. The fourth-order valence-electron chi connectivity index (χ4n) is 3.69. The Kier molecular flexibility index (Phi) is 3.71. The molecular weight excluding hydrogens is 344 g/mol. The van der Waals surface area contributed by atoms with Crippen LogP contribution in [0.4, 0.5) is 5.95 Å². The van der Waals surface area contributed by atoms with Gasteiger partial charge >= 0.3 is 0 Å². The van der Waals surface area contributed by atoms with Crippen LogP contribution in [0.1, 0.15) is 17.4 Å². The fourth-order valence-corrected chi connectivity index (χ4v) is 3.69. The number of anilines is 1. The lowest BCUT2D eigenvalue weighted by molar-refractivity contribution is 0.0675. The monoisotopic (exact) mass is 364 g/mol. The lowest BCUT2D eigenvalue weighted by atomic mass is 10.1. The highest BCUT2D eigenvalue weighted by atomic mass is 16.5. The standard InChI is InChI=1S/C19H20N6O2/c1-12-10-16(26)25-17(14-11-20-15-5-3-2-4-13(14)15)22-18(23-19(25)21-12)24-6-8-27-9-7-24/h2-5,10-11,17,20H,6-9H2,1H3,(H,21,22,23)/t17-/m1/s1. The summed E-state index contributed by atoms with van der Waals surface area (Å²) in [6.07, 6.45) is 1.45. The minimum absolute atomic E-state index is 0.120. The smallest absolute Gasteiger partial charge is 0.257 e. The summed E-state index contributed by atoms with van der Waals surface area (Å²) in [4.78, 5) is 27.7. The van der Waals surface area contributed by atoms with Crippen molar-refractivity contribution < 1.29 is 4.74 Å². The van der Waals surface area contributed by atoms with E-state index in [2.05, 4.69) is 20.2 Å². The van der Waals surface area contributed by atoms with Gasteiger partial charge in [-0.2, -0.15) is 0 Å². The second-order valence-electron chi connectivity index (χ2n) is 6.77. The summed E-state index contributed by atoms with van der Waals surface area (Å²) in [6, 6.07) is 9.58. The molecule has 0 bridgehead atoms. The molecule has 0 saturated carbocycles. The molecule has 2 N–H and O–H groups in total. The van der Waals surface area contributed by atoms with E-state index in [1.807, 2.05) is 37.4 Å². The maximum atomic E-state index is 12.8. The molecule has 5 rings (SSSR count). The molecule has 0 aliphatic carbocycles. The second kappa shape index (κ2) is 6.24. The highest BCUT2D eigenvalue weighted by Gasteiger charge is 2.29. The normalized spacial score (nSPS) is 19.5. The first-order valence-corrected chi connectivity index (χ1v) is 9.04. The summed E-state index contributed by atoms with van der Waals surface area (Å²) in [6.45, 7) is 4.65. The largest absolute Gasteiger partial charge is 0.378 e. The number of benzene rings is 1. The minimum Gasteiger partial charge on any atom is -0.378 e. The van der Waals surface area contributed by atoms with E-state index in [0.717, 1.165) is 35.5 Å². The van der Waals surface area contributed by atoms with Crippen molar-refractivity contribution in [1.29, 1.82) is 0 Å². The molecule has 1 fully saturated rings. The number of rotatable bonds is 1. The predicted molar refractivity (Wildman–Crippen MR) is 103 cm³/mol. The van der Waals surface area contributed by atoms with Crippen molar-refractivity contribution in [1.82, 2.24) is 19.4 Å². The Bertz CT molecular complexity index is 1090. The third-order valence-electron chi connectivity index (χ3n) is 5.00. The zero-order valence-electron chi connectivity index (χ0n) is 15.0. The number of nitrogens with one attached hydrogen (secondary N) is 2. The van der Waals surface area contributed by atoms with E-state index in [4.69, 9.17) is 9.73 Å². The average molecular weight is 364 g/mol. The summed E-state index contributed by atoms with van der Waals surface area (Å²) in [5, 5.41) is 4.30. The van der Waals surface area contributed by atoms with Gasteiger partial charge in [0.2, 0.25) is 11.9 Å². The van der Waals surface area contributed by atoms with Gasteiger partial charge in [-0.15, -0.1) is 0 Å². The fraction of sp³-hybridized carbons (Fsp3) is 0.316. The Morgan fingerprint density at radius 1 is 1.22 bits per heavy atom. The number of fused-ring (bicyclic) bond motifs is 2. The summed E-state index contributed by atoms with van der Waals surface area (Å²) < 4.78 is 7.07. The Morgan fingerprint density at radius 3 is 2.89 bits per heavy atom. The predicted octanol–water partition coefficient (Wildman–Crippen LogP) is 1.69. The average Bonchev–Trinajstić information content (AvgIpc) is 3.11. The van der Waals surface area contributed by atoms with E-state index in [0.29, 0.717) is 24.9 Å². The second-order valence-corrected chi connectivity index (χ2v) is 6.77. The van der Waals surface area contributed by atoms with E-state index in [1.54, 1.807) is 10.6 Å². The molecule has 2 aliphatic rings. The van der Waals surface area contributed by atoms with Crippen LogP contribution in [0.15, 0.2) is 46.3 Å². The molecule has 8 nitrogen and oxygen atoms in total. The highest BCUT2D eigenvalue weighted by molar-refractivity contribution is 5.94. The number of aliphatic imine (C=N–C) groups is 1. The molecule has 1 atom stereocenters. The van der Waals surface area contributed by atoms with Gasteiger partial charge in [-0.1, -0.05) is 18.2 Å². The molecular formula is C19H20N6O2. The van der Waals surface area contributed by atoms with Crippen LogP contribution in [-0.2, 0) is 4.74 Å². The highest BCUT2D eigenvalue weighted by Crippen LogP contribution is 2.31. The number of H-pyrrole nitrogens is 1. The number of aromatic nitrogens is 3. The molecule has 1 saturated heterocycles. The number of ether oxygens (including phenoxy) is 1. The van der Waals surface area contributed by atoms with Gasteiger partial charge in [-0.3, -0.25) is 14.7 Å². The zero-order valence-corrected chi connectivity index (χ0v) is 15.0. The summed E-state index contributed by atoms with van der Waals surface area (Å²) in [5.74, 6) is 1.25. The molecule has 138 valence electrons. The van der Waals surface area contributed by atoms with Gasteiger partial charge in [0, 0.05) is 47.5 Å². The van der Waals surface area contributed by atoms with Crippen molar-refractivity contribution in [3.63, 3.8) is 0 Å². The molecule has 0 spiro atoms. The Labute approximate surface area is 155 Å². The van der Waals surface area contributed by atoms with E-state index in [1.165, 1.54) is 0 Å².